The van der Waals surface area contributed by atoms with Crippen LogP contribution in [0.1, 0.15) is 11.6 Å². The molecule has 2 rings (SSSR count). The monoisotopic (exact) mass is 237 g/mol. The first kappa shape index (κ1) is 11.2. The van der Waals surface area contributed by atoms with E-state index in [-0.39, 0.29) is 12.0 Å². The molecule has 1 aromatic rings. The molecule has 0 saturated carbocycles. The number of methoxy groups -OCH3 is 1. The Balaban J connectivity index is 2.32. The fourth-order valence-corrected chi connectivity index (χ4v) is 2.07. The molecule has 0 bridgehead atoms. The lowest BCUT2D eigenvalue weighted by molar-refractivity contribution is -0.136. The van der Waals surface area contributed by atoms with E-state index < -0.39 is 0 Å². The van der Waals surface area contributed by atoms with Gasteiger partial charge in [0.2, 0.25) is 0 Å². The Labute approximate surface area is 99.1 Å². The number of nitrogens with one attached hydrogen (secondary N) is 1. The summed E-state index contributed by atoms with van der Waals surface area (Å²) in [6.45, 7) is 0.653. The fraction of sp³-hybridized carbons (Fsp3) is 0.250. The second-order valence-electron chi connectivity index (χ2n) is 3.51. The average molecular weight is 238 g/mol. The van der Waals surface area contributed by atoms with Crippen molar-refractivity contribution in [2.75, 3.05) is 13.7 Å². The zero-order chi connectivity index (χ0) is 11.5. The van der Waals surface area contributed by atoms with Gasteiger partial charge in [-0.05, 0) is 11.6 Å². The second-order valence-corrected chi connectivity index (χ2v) is 3.92. The number of hydrogen-bond acceptors (Lipinski definition) is 3. The molecule has 1 aliphatic rings. The van der Waals surface area contributed by atoms with Gasteiger partial charge in [0.25, 0.3) is 0 Å². The van der Waals surface area contributed by atoms with Crippen molar-refractivity contribution in [1.82, 2.24) is 5.32 Å². The van der Waals surface area contributed by atoms with Gasteiger partial charge in [-0.15, -0.1) is 0 Å². The van der Waals surface area contributed by atoms with Crippen molar-refractivity contribution < 1.29 is 9.53 Å². The zero-order valence-corrected chi connectivity index (χ0v) is 9.62. The van der Waals surface area contributed by atoms with Crippen molar-refractivity contribution in [2.24, 2.45) is 0 Å². The maximum Gasteiger partial charge on any atom is 0.335 e. The van der Waals surface area contributed by atoms with E-state index in [1.54, 1.807) is 0 Å². The minimum atomic E-state index is -0.310. The number of ether oxygens (including phenoxy) is 1. The van der Waals surface area contributed by atoms with Crippen LogP contribution in [-0.4, -0.2) is 19.6 Å². The first-order valence-electron chi connectivity index (χ1n) is 5.00. The van der Waals surface area contributed by atoms with Gasteiger partial charge in [-0.2, -0.15) is 0 Å². The minimum Gasteiger partial charge on any atom is -0.466 e. The fourth-order valence-electron chi connectivity index (χ4n) is 1.82. The molecule has 0 radical (unpaired) electrons. The zero-order valence-electron chi connectivity index (χ0n) is 8.87. The van der Waals surface area contributed by atoms with Crippen LogP contribution in [0.15, 0.2) is 35.9 Å². The number of halogens is 1. The largest absolute Gasteiger partial charge is 0.466 e. The van der Waals surface area contributed by atoms with Crippen LogP contribution in [-0.2, 0) is 9.53 Å². The van der Waals surface area contributed by atoms with Gasteiger partial charge in [0.05, 0.1) is 18.7 Å². The predicted octanol–water partition coefficient (Wildman–Crippen LogP) is 2.08. The quantitative estimate of drug-likeness (QED) is 0.801. The van der Waals surface area contributed by atoms with Crippen molar-refractivity contribution in [3.63, 3.8) is 0 Å². The molecule has 0 saturated heterocycles. The Morgan fingerprint density at radius 2 is 2.25 bits per heavy atom. The van der Waals surface area contributed by atoms with E-state index in [1.165, 1.54) is 7.11 Å². The summed E-state index contributed by atoms with van der Waals surface area (Å²) in [7, 11) is 1.38. The SMILES string of the molecule is COC(=O)C1=CCNC1c1ccccc1Cl. The molecule has 84 valence electrons. The highest BCUT2D eigenvalue weighted by Crippen LogP contribution is 2.30. The lowest BCUT2D eigenvalue weighted by Gasteiger charge is -2.15. The molecule has 16 heavy (non-hydrogen) atoms. The molecule has 1 atom stereocenters. The first-order valence-corrected chi connectivity index (χ1v) is 5.38. The molecule has 4 heteroatoms. The number of esters is 1. The molecule has 0 fully saturated rings. The summed E-state index contributed by atoms with van der Waals surface area (Å²) in [5, 5.41) is 3.85. The highest BCUT2D eigenvalue weighted by atomic mass is 35.5. The topological polar surface area (TPSA) is 38.3 Å². The van der Waals surface area contributed by atoms with Gasteiger partial charge in [-0.25, -0.2) is 4.79 Å². The van der Waals surface area contributed by atoms with Crippen LogP contribution in [0.3, 0.4) is 0 Å². The van der Waals surface area contributed by atoms with Gasteiger partial charge in [0, 0.05) is 11.6 Å². The van der Waals surface area contributed by atoms with Gasteiger partial charge < -0.3 is 10.1 Å². The van der Waals surface area contributed by atoms with Crippen molar-refractivity contribution in [1.29, 1.82) is 0 Å². The molecule has 1 N–H and O–H groups in total. The van der Waals surface area contributed by atoms with Gasteiger partial charge in [-0.1, -0.05) is 35.9 Å². The van der Waals surface area contributed by atoms with Crippen LogP contribution in [0.4, 0.5) is 0 Å². The Bertz CT molecular complexity index is 442. The minimum absolute atomic E-state index is 0.166. The Morgan fingerprint density at radius 3 is 2.94 bits per heavy atom. The molecular formula is C12H12ClNO2. The van der Waals surface area contributed by atoms with E-state index in [2.05, 4.69) is 5.32 Å². The summed E-state index contributed by atoms with van der Waals surface area (Å²) >= 11 is 6.10. The Hall–Kier alpha value is -1.32. The Morgan fingerprint density at radius 1 is 1.50 bits per heavy atom. The molecule has 0 spiro atoms. The third-order valence-electron chi connectivity index (χ3n) is 2.59. The van der Waals surface area contributed by atoms with Crippen molar-refractivity contribution in [3.05, 3.63) is 46.5 Å². The number of rotatable bonds is 2. The molecular weight excluding hydrogens is 226 g/mol. The number of hydrogen-bond donors (Lipinski definition) is 1. The van der Waals surface area contributed by atoms with Crippen LogP contribution in [0.25, 0.3) is 0 Å². The van der Waals surface area contributed by atoms with Gasteiger partial charge >= 0.3 is 5.97 Å². The number of carbonyl (C=O) groups excluding carboxylic acids is 1. The highest BCUT2D eigenvalue weighted by Gasteiger charge is 2.27. The van der Waals surface area contributed by atoms with Crippen LogP contribution < -0.4 is 5.32 Å². The van der Waals surface area contributed by atoms with Crippen LogP contribution in [0.5, 0.6) is 0 Å². The summed E-state index contributed by atoms with van der Waals surface area (Å²) in [4.78, 5) is 11.5. The summed E-state index contributed by atoms with van der Waals surface area (Å²) in [5.41, 5.74) is 1.52. The summed E-state index contributed by atoms with van der Waals surface area (Å²) in [6.07, 6.45) is 1.83. The molecule has 0 aromatic heterocycles. The molecule has 1 aliphatic heterocycles. The van der Waals surface area contributed by atoms with Crippen molar-refractivity contribution >= 4 is 17.6 Å². The first-order chi connectivity index (χ1) is 7.74. The van der Waals surface area contributed by atoms with Gasteiger partial charge in [-0.3, -0.25) is 0 Å². The summed E-state index contributed by atoms with van der Waals surface area (Å²) < 4.78 is 4.74. The van der Waals surface area contributed by atoms with Crippen LogP contribution in [0, 0.1) is 0 Å². The third-order valence-corrected chi connectivity index (χ3v) is 2.94. The normalized spacial score (nSPS) is 19.4. The van der Waals surface area contributed by atoms with E-state index in [4.69, 9.17) is 16.3 Å². The maximum absolute atomic E-state index is 11.5. The molecule has 1 unspecified atom stereocenters. The van der Waals surface area contributed by atoms with Crippen LogP contribution in [0.2, 0.25) is 5.02 Å². The van der Waals surface area contributed by atoms with E-state index in [0.717, 1.165) is 5.56 Å². The van der Waals surface area contributed by atoms with Crippen molar-refractivity contribution in [2.45, 2.75) is 6.04 Å². The molecule has 1 heterocycles. The second kappa shape index (κ2) is 4.68. The standard InChI is InChI=1S/C12H12ClNO2/c1-16-12(15)9-6-7-14-11(9)8-4-2-3-5-10(8)13/h2-6,11,14H,7H2,1H3. The van der Waals surface area contributed by atoms with Crippen molar-refractivity contribution in [3.8, 4) is 0 Å². The average Bonchev–Trinajstić information content (AvgIpc) is 2.77. The van der Waals surface area contributed by atoms with E-state index >= 15 is 0 Å². The predicted molar refractivity (Wildman–Crippen MR) is 62.3 cm³/mol. The lowest BCUT2D eigenvalue weighted by atomic mass is 10.0. The smallest absolute Gasteiger partial charge is 0.335 e. The maximum atomic E-state index is 11.5. The van der Waals surface area contributed by atoms with E-state index in [0.29, 0.717) is 17.1 Å². The number of benzene rings is 1. The Kier molecular flexibility index (Phi) is 3.27. The lowest BCUT2D eigenvalue weighted by Crippen LogP contribution is -2.20. The molecule has 0 aliphatic carbocycles. The van der Waals surface area contributed by atoms with Gasteiger partial charge in [0.1, 0.15) is 0 Å². The van der Waals surface area contributed by atoms with Gasteiger partial charge in [0.15, 0.2) is 0 Å². The molecule has 3 nitrogen and oxygen atoms in total. The summed E-state index contributed by atoms with van der Waals surface area (Å²) in [5.74, 6) is -0.310. The number of carbonyl (C=O) groups is 1. The van der Waals surface area contributed by atoms with Crippen LogP contribution >= 0.6 is 11.6 Å². The van der Waals surface area contributed by atoms with E-state index in [9.17, 15) is 4.79 Å². The molecule has 0 amide bonds. The molecule has 1 aromatic carbocycles. The summed E-state index contributed by atoms with van der Waals surface area (Å²) in [6, 6.07) is 7.31. The highest BCUT2D eigenvalue weighted by molar-refractivity contribution is 6.31. The van der Waals surface area contributed by atoms with E-state index in [1.807, 2.05) is 30.3 Å². The third kappa shape index (κ3) is 1.96.